The summed E-state index contributed by atoms with van der Waals surface area (Å²) >= 11 is 0. The zero-order chi connectivity index (χ0) is 18.8. The van der Waals surface area contributed by atoms with Gasteiger partial charge in [0.05, 0.1) is 33.6 Å². The first-order chi connectivity index (χ1) is 12.6. The van der Waals surface area contributed by atoms with Crippen LogP contribution >= 0.6 is 0 Å². The van der Waals surface area contributed by atoms with Crippen molar-refractivity contribution in [1.29, 1.82) is 0 Å². The highest BCUT2D eigenvalue weighted by Crippen LogP contribution is 2.26. The van der Waals surface area contributed by atoms with E-state index in [0.29, 0.717) is 43.4 Å². The van der Waals surface area contributed by atoms with Gasteiger partial charge in [-0.2, -0.15) is 5.10 Å². The number of methoxy groups -OCH3 is 2. The van der Waals surface area contributed by atoms with Gasteiger partial charge in [-0.3, -0.25) is 14.5 Å². The summed E-state index contributed by atoms with van der Waals surface area (Å²) in [5.41, 5.74) is 2.89. The van der Waals surface area contributed by atoms with Crippen LogP contribution in [0.1, 0.15) is 5.56 Å². The van der Waals surface area contributed by atoms with E-state index in [2.05, 4.69) is 20.7 Å². The van der Waals surface area contributed by atoms with Gasteiger partial charge in [-0.25, -0.2) is 5.43 Å². The molecular weight excluding hydrogens is 340 g/mol. The molecule has 1 aliphatic rings. The Morgan fingerprint density at radius 1 is 1.19 bits per heavy atom. The molecule has 0 unspecified atom stereocenters. The number of hydrazone groups is 1. The van der Waals surface area contributed by atoms with Crippen molar-refractivity contribution in [2.75, 3.05) is 53.6 Å². The van der Waals surface area contributed by atoms with Gasteiger partial charge in [0.25, 0.3) is 0 Å². The lowest BCUT2D eigenvalue weighted by Gasteiger charge is -2.26. The third kappa shape index (κ3) is 6.01. The van der Waals surface area contributed by atoms with Crippen LogP contribution in [0.2, 0.25) is 0 Å². The number of morpholine rings is 1. The van der Waals surface area contributed by atoms with Gasteiger partial charge in [-0.15, -0.1) is 0 Å². The number of carbonyl (C=O) groups excluding carboxylic acids is 2. The van der Waals surface area contributed by atoms with Crippen LogP contribution < -0.4 is 20.2 Å². The number of rotatable bonds is 7. The predicted octanol–water partition coefficient (Wildman–Crippen LogP) is -0.398. The van der Waals surface area contributed by atoms with Crippen molar-refractivity contribution in [3.63, 3.8) is 0 Å². The highest BCUT2D eigenvalue weighted by molar-refractivity contribution is 6.35. The van der Waals surface area contributed by atoms with E-state index in [1.807, 2.05) is 0 Å². The van der Waals surface area contributed by atoms with Crippen LogP contribution in [0.15, 0.2) is 23.3 Å². The van der Waals surface area contributed by atoms with Gasteiger partial charge in [-0.05, 0) is 23.8 Å². The largest absolute Gasteiger partial charge is 0.493 e. The van der Waals surface area contributed by atoms with Crippen LogP contribution in [-0.2, 0) is 14.3 Å². The van der Waals surface area contributed by atoms with E-state index < -0.39 is 11.8 Å². The summed E-state index contributed by atoms with van der Waals surface area (Å²) in [4.78, 5) is 25.6. The summed E-state index contributed by atoms with van der Waals surface area (Å²) < 4.78 is 15.6. The molecule has 0 bridgehead atoms. The first kappa shape index (κ1) is 19.7. The first-order valence-electron chi connectivity index (χ1n) is 8.27. The molecule has 2 N–H and O–H groups in total. The van der Waals surface area contributed by atoms with E-state index in [-0.39, 0.29) is 0 Å². The maximum absolute atomic E-state index is 11.7. The van der Waals surface area contributed by atoms with Crippen molar-refractivity contribution < 1.29 is 23.8 Å². The maximum Gasteiger partial charge on any atom is 0.329 e. The van der Waals surface area contributed by atoms with Crippen LogP contribution in [0.5, 0.6) is 11.5 Å². The lowest BCUT2D eigenvalue weighted by molar-refractivity contribution is -0.139. The Bertz CT molecular complexity index is 644. The third-order valence-corrected chi connectivity index (χ3v) is 3.81. The fraction of sp³-hybridized carbons (Fsp3) is 0.471. The predicted molar refractivity (Wildman–Crippen MR) is 95.6 cm³/mol. The van der Waals surface area contributed by atoms with Crippen molar-refractivity contribution in [1.82, 2.24) is 15.6 Å². The molecule has 2 amide bonds. The van der Waals surface area contributed by atoms with Crippen LogP contribution in [0, 0.1) is 0 Å². The van der Waals surface area contributed by atoms with Crippen molar-refractivity contribution in [2.45, 2.75) is 0 Å². The fourth-order valence-corrected chi connectivity index (χ4v) is 2.38. The second-order valence-corrected chi connectivity index (χ2v) is 5.52. The molecule has 0 saturated carbocycles. The molecule has 1 aromatic rings. The monoisotopic (exact) mass is 364 g/mol. The smallest absolute Gasteiger partial charge is 0.329 e. The molecule has 1 aliphatic heterocycles. The molecule has 1 aromatic carbocycles. The summed E-state index contributed by atoms with van der Waals surface area (Å²) in [6.45, 7) is 4.12. The number of nitrogens with one attached hydrogen (secondary N) is 2. The summed E-state index contributed by atoms with van der Waals surface area (Å²) in [5.74, 6) is -0.400. The van der Waals surface area contributed by atoms with Crippen LogP contribution in [0.25, 0.3) is 0 Å². The molecule has 9 nitrogen and oxygen atoms in total. The van der Waals surface area contributed by atoms with E-state index in [1.54, 1.807) is 25.3 Å². The average molecular weight is 364 g/mol. The molecule has 1 fully saturated rings. The molecule has 142 valence electrons. The second-order valence-electron chi connectivity index (χ2n) is 5.52. The van der Waals surface area contributed by atoms with Gasteiger partial charge >= 0.3 is 11.8 Å². The molecular formula is C17H24N4O5. The van der Waals surface area contributed by atoms with Gasteiger partial charge in [0, 0.05) is 26.2 Å². The summed E-state index contributed by atoms with van der Waals surface area (Å²) in [6, 6.07) is 5.18. The van der Waals surface area contributed by atoms with Crippen LogP contribution in [0.3, 0.4) is 0 Å². The van der Waals surface area contributed by atoms with E-state index in [9.17, 15) is 9.59 Å². The van der Waals surface area contributed by atoms with E-state index in [1.165, 1.54) is 13.3 Å². The Morgan fingerprint density at radius 3 is 2.62 bits per heavy atom. The van der Waals surface area contributed by atoms with Crippen molar-refractivity contribution >= 4 is 18.0 Å². The zero-order valence-corrected chi connectivity index (χ0v) is 15.0. The fourth-order valence-electron chi connectivity index (χ4n) is 2.38. The van der Waals surface area contributed by atoms with E-state index in [4.69, 9.17) is 14.2 Å². The summed E-state index contributed by atoms with van der Waals surface area (Å²) in [5, 5.41) is 6.35. The highest BCUT2D eigenvalue weighted by Gasteiger charge is 2.14. The minimum atomic E-state index is -0.816. The normalized spacial score (nSPS) is 14.8. The summed E-state index contributed by atoms with van der Waals surface area (Å²) in [7, 11) is 3.07. The number of hydrogen-bond acceptors (Lipinski definition) is 7. The van der Waals surface area contributed by atoms with E-state index in [0.717, 1.165) is 13.1 Å². The molecule has 0 aromatic heterocycles. The maximum atomic E-state index is 11.7. The third-order valence-electron chi connectivity index (χ3n) is 3.81. The van der Waals surface area contributed by atoms with Crippen molar-refractivity contribution in [3.8, 4) is 11.5 Å². The Labute approximate surface area is 152 Å². The minimum absolute atomic E-state index is 0.394. The number of nitrogens with zero attached hydrogens (tertiary/aromatic N) is 2. The number of benzene rings is 1. The van der Waals surface area contributed by atoms with Gasteiger partial charge in [0.2, 0.25) is 0 Å². The zero-order valence-electron chi connectivity index (χ0n) is 15.0. The first-order valence-corrected chi connectivity index (χ1v) is 8.27. The van der Waals surface area contributed by atoms with Crippen molar-refractivity contribution in [2.24, 2.45) is 5.10 Å². The molecule has 0 radical (unpaired) electrons. The standard InChI is InChI=1S/C17H24N4O5/c1-24-14-4-3-13(11-15(14)25-2)12-19-20-17(23)16(22)18-5-6-21-7-9-26-10-8-21/h3-4,11-12H,5-10H2,1-2H3,(H,18,22)(H,20,23)/b19-12-. The molecule has 1 saturated heterocycles. The Morgan fingerprint density at radius 2 is 1.92 bits per heavy atom. The van der Waals surface area contributed by atoms with Gasteiger partial charge < -0.3 is 19.5 Å². The lowest BCUT2D eigenvalue weighted by atomic mass is 10.2. The molecule has 9 heteroatoms. The minimum Gasteiger partial charge on any atom is -0.493 e. The van der Waals surface area contributed by atoms with Crippen molar-refractivity contribution in [3.05, 3.63) is 23.8 Å². The molecule has 2 rings (SSSR count). The molecule has 0 atom stereocenters. The van der Waals surface area contributed by atoms with Gasteiger partial charge in [-0.1, -0.05) is 0 Å². The highest BCUT2D eigenvalue weighted by atomic mass is 16.5. The lowest BCUT2D eigenvalue weighted by Crippen LogP contribution is -2.44. The van der Waals surface area contributed by atoms with Crippen LogP contribution in [0.4, 0.5) is 0 Å². The number of amides is 2. The quantitative estimate of drug-likeness (QED) is 0.388. The number of carbonyl (C=O) groups is 2. The number of ether oxygens (including phenoxy) is 3. The molecule has 26 heavy (non-hydrogen) atoms. The van der Waals surface area contributed by atoms with Gasteiger partial charge in [0.15, 0.2) is 11.5 Å². The Kier molecular flexibility index (Phi) is 7.84. The van der Waals surface area contributed by atoms with E-state index >= 15 is 0 Å². The SMILES string of the molecule is COc1ccc(/C=N\NC(=O)C(=O)NCCN2CCOCC2)cc1OC. The van der Waals surface area contributed by atoms with Gasteiger partial charge in [0.1, 0.15) is 0 Å². The molecule has 0 spiro atoms. The topological polar surface area (TPSA) is 101 Å². The number of hydrogen-bond donors (Lipinski definition) is 2. The van der Waals surface area contributed by atoms with Crippen LogP contribution in [-0.4, -0.2) is 76.5 Å². The Hall–Kier alpha value is -2.65. The molecule has 0 aliphatic carbocycles. The Balaban J connectivity index is 1.74. The second kappa shape index (κ2) is 10.4. The molecule has 1 heterocycles. The average Bonchev–Trinajstić information content (AvgIpc) is 2.68. The summed E-state index contributed by atoms with van der Waals surface area (Å²) in [6.07, 6.45) is 1.42.